The molecule has 0 saturated carbocycles. The Labute approximate surface area is 84.5 Å². The van der Waals surface area contributed by atoms with E-state index in [4.69, 9.17) is 0 Å². The van der Waals surface area contributed by atoms with E-state index in [1.54, 1.807) is 28.9 Å². The molecule has 13 heavy (non-hydrogen) atoms. The fourth-order valence-electron chi connectivity index (χ4n) is 0.954. The van der Waals surface area contributed by atoms with Crippen molar-refractivity contribution in [3.8, 4) is 10.7 Å². The average Bonchev–Trinajstić information content (AvgIpc) is 2.70. The van der Waals surface area contributed by atoms with Gasteiger partial charge in [-0.25, -0.2) is 9.97 Å². The van der Waals surface area contributed by atoms with Crippen molar-refractivity contribution in [3.05, 3.63) is 17.0 Å². The van der Waals surface area contributed by atoms with Crippen LogP contribution in [0.1, 0.15) is 6.92 Å². The Kier molecular flexibility index (Phi) is 2.56. The van der Waals surface area contributed by atoms with Gasteiger partial charge in [0.15, 0.2) is 5.13 Å². The molecule has 3 nitrogen and oxygen atoms in total. The molecule has 0 saturated heterocycles. The summed E-state index contributed by atoms with van der Waals surface area (Å²) in [5.41, 5.74) is 0.968. The molecule has 0 bridgehead atoms. The highest BCUT2D eigenvalue weighted by molar-refractivity contribution is 7.15. The Morgan fingerprint density at radius 1 is 1.46 bits per heavy atom. The number of anilines is 1. The van der Waals surface area contributed by atoms with Gasteiger partial charge in [-0.3, -0.25) is 0 Å². The van der Waals surface area contributed by atoms with Crippen molar-refractivity contribution in [2.75, 3.05) is 11.9 Å². The first kappa shape index (κ1) is 8.65. The van der Waals surface area contributed by atoms with Crippen LogP contribution in [0.25, 0.3) is 10.7 Å². The molecule has 2 heterocycles. The van der Waals surface area contributed by atoms with Crippen LogP contribution >= 0.6 is 22.7 Å². The Morgan fingerprint density at radius 2 is 2.38 bits per heavy atom. The van der Waals surface area contributed by atoms with E-state index in [1.165, 1.54) is 0 Å². The van der Waals surface area contributed by atoms with E-state index in [9.17, 15) is 0 Å². The monoisotopic (exact) mass is 211 g/mol. The van der Waals surface area contributed by atoms with Crippen LogP contribution in [0.5, 0.6) is 0 Å². The molecule has 1 N–H and O–H groups in total. The van der Waals surface area contributed by atoms with Gasteiger partial charge in [0.2, 0.25) is 0 Å². The van der Waals surface area contributed by atoms with Gasteiger partial charge in [0.1, 0.15) is 10.7 Å². The molecular formula is C8H9N3S2. The number of nitrogens with zero attached hydrogens (tertiary/aromatic N) is 2. The molecule has 2 rings (SSSR count). The maximum atomic E-state index is 4.40. The van der Waals surface area contributed by atoms with E-state index in [-0.39, 0.29) is 0 Å². The SMILES string of the molecule is CCNc1nc(-c2nccs2)cs1. The quantitative estimate of drug-likeness (QED) is 0.848. The lowest BCUT2D eigenvalue weighted by Crippen LogP contribution is -1.94. The van der Waals surface area contributed by atoms with E-state index in [1.807, 2.05) is 10.8 Å². The fourth-order valence-corrected chi connectivity index (χ4v) is 2.39. The molecule has 0 spiro atoms. The number of thiazole rings is 2. The Morgan fingerprint density at radius 3 is 3.08 bits per heavy atom. The van der Waals surface area contributed by atoms with E-state index in [2.05, 4.69) is 22.2 Å². The van der Waals surface area contributed by atoms with Crippen LogP contribution < -0.4 is 5.32 Å². The van der Waals surface area contributed by atoms with Crippen molar-refractivity contribution in [3.63, 3.8) is 0 Å². The summed E-state index contributed by atoms with van der Waals surface area (Å²) in [4.78, 5) is 8.59. The second-order valence-corrected chi connectivity index (χ2v) is 4.16. The standard InChI is InChI=1S/C8H9N3S2/c1-2-9-8-11-6(5-13-8)7-10-3-4-12-7/h3-5H,2H2,1H3,(H,9,11). The minimum Gasteiger partial charge on any atom is -0.362 e. The first-order valence-electron chi connectivity index (χ1n) is 3.99. The van der Waals surface area contributed by atoms with Gasteiger partial charge >= 0.3 is 0 Å². The van der Waals surface area contributed by atoms with Crippen LogP contribution in [0, 0.1) is 0 Å². The number of aromatic nitrogens is 2. The van der Waals surface area contributed by atoms with Gasteiger partial charge in [-0.15, -0.1) is 22.7 Å². The number of hydrogen-bond acceptors (Lipinski definition) is 5. The van der Waals surface area contributed by atoms with Crippen LogP contribution in [0.15, 0.2) is 17.0 Å². The van der Waals surface area contributed by atoms with E-state index >= 15 is 0 Å². The van der Waals surface area contributed by atoms with E-state index in [0.29, 0.717) is 0 Å². The lowest BCUT2D eigenvalue weighted by Gasteiger charge is -1.93. The zero-order valence-corrected chi connectivity index (χ0v) is 8.78. The highest BCUT2D eigenvalue weighted by Gasteiger charge is 2.04. The molecular weight excluding hydrogens is 202 g/mol. The second-order valence-electron chi connectivity index (χ2n) is 2.41. The van der Waals surface area contributed by atoms with Crippen molar-refractivity contribution in [2.24, 2.45) is 0 Å². The van der Waals surface area contributed by atoms with Crippen LogP contribution in [0.3, 0.4) is 0 Å². The van der Waals surface area contributed by atoms with Gasteiger partial charge in [-0.05, 0) is 6.92 Å². The van der Waals surface area contributed by atoms with Crippen LogP contribution in [-0.4, -0.2) is 16.5 Å². The van der Waals surface area contributed by atoms with Gasteiger partial charge in [-0.1, -0.05) is 0 Å². The first-order valence-corrected chi connectivity index (χ1v) is 5.75. The molecule has 0 amide bonds. The lowest BCUT2D eigenvalue weighted by molar-refractivity contribution is 1.19. The molecule has 0 radical (unpaired) electrons. The number of nitrogens with one attached hydrogen (secondary N) is 1. The molecule has 68 valence electrons. The second kappa shape index (κ2) is 3.85. The summed E-state index contributed by atoms with van der Waals surface area (Å²) < 4.78 is 0. The van der Waals surface area contributed by atoms with Gasteiger partial charge in [0.05, 0.1) is 0 Å². The Hall–Kier alpha value is -0.940. The minimum atomic E-state index is 0.908. The van der Waals surface area contributed by atoms with Crippen molar-refractivity contribution in [2.45, 2.75) is 6.92 Å². The lowest BCUT2D eigenvalue weighted by atomic mass is 10.5. The summed E-state index contributed by atoms with van der Waals surface area (Å²) in [5.74, 6) is 0. The zero-order chi connectivity index (χ0) is 9.10. The fraction of sp³-hybridized carbons (Fsp3) is 0.250. The third-order valence-corrected chi connectivity index (χ3v) is 3.08. The maximum Gasteiger partial charge on any atom is 0.183 e. The predicted octanol–water partition coefficient (Wildman–Crippen LogP) is 2.70. The van der Waals surface area contributed by atoms with Crippen molar-refractivity contribution in [1.29, 1.82) is 0 Å². The predicted molar refractivity (Wildman–Crippen MR) is 57.4 cm³/mol. The van der Waals surface area contributed by atoms with Crippen molar-refractivity contribution in [1.82, 2.24) is 9.97 Å². The average molecular weight is 211 g/mol. The smallest absolute Gasteiger partial charge is 0.183 e. The molecule has 2 aromatic heterocycles. The molecule has 0 atom stereocenters. The molecule has 2 aromatic rings. The summed E-state index contributed by atoms with van der Waals surface area (Å²) >= 11 is 3.23. The van der Waals surface area contributed by atoms with Crippen LogP contribution in [0.4, 0.5) is 5.13 Å². The summed E-state index contributed by atoms with van der Waals surface area (Å²) in [6, 6.07) is 0. The Bertz CT molecular complexity index is 366. The molecule has 0 unspecified atom stereocenters. The van der Waals surface area contributed by atoms with Crippen LogP contribution in [-0.2, 0) is 0 Å². The van der Waals surface area contributed by atoms with Crippen molar-refractivity contribution < 1.29 is 0 Å². The molecule has 0 aliphatic rings. The molecule has 5 heteroatoms. The van der Waals surface area contributed by atoms with Gasteiger partial charge in [0, 0.05) is 23.5 Å². The van der Waals surface area contributed by atoms with Gasteiger partial charge in [-0.2, -0.15) is 0 Å². The highest BCUT2D eigenvalue weighted by atomic mass is 32.1. The number of rotatable bonds is 3. The molecule has 0 aliphatic heterocycles. The summed E-state index contributed by atoms with van der Waals surface area (Å²) in [6.45, 7) is 2.97. The first-order chi connectivity index (χ1) is 6.40. The third kappa shape index (κ3) is 1.87. The summed E-state index contributed by atoms with van der Waals surface area (Å²) in [7, 11) is 0. The normalized spacial score (nSPS) is 10.2. The van der Waals surface area contributed by atoms with Crippen LogP contribution in [0.2, 0.25) is 0 Å². The Balaban J connectivity index is 2.23. The third-order valence-electron chi connectivity index (χ3n) is 1.48. The van der Waals surface area contributed by atoms with Crippen molar-refractivity contribution >= 4 is 27.8 Å². The van der Waals surface area contributed by atoms with E-state index < -0.39 is 0 Å². The minimum absolute atomic E-state index is 0.908. The molecule has 0 aromatic carbocycles. The zero-order valence-electron chi connectivity index (χ0n) is 7.15. The largest absolute Gasteiger partial charge is 0.362 e. The maximum absolute atomic E-state index is 4.40. The highest BCUT2D eigenvalue weighted by Crippen LogP contribution is 2.25. The summed E-state index contributed by atoms with van der Waals surface area (Å²) in [6.07, 6.45) is 1.80. The van der Waals surface area contributed by atoms with E-state index in [0.717, 1.165) is 22.4 Å². The van der Waals surface area contributed by atoms with Gasteiger partial charge in [0.25, 0.3) is 0 Å². The van der Waals surface area contributed by atoms with Gasteiger partial charge < -0.3 is 5.32 Å². The summed E-state index contributed by atoms with van der Waals surface area (Å²) in [5, 5.41) is 9.11. The molecule has 0 fully saturated rings. The number of hydrogen-bond donors (Lipinski definition) is 1. The topological polar surface area (TPSA) is 37.8 Å². The molecule has 0 aliphatic carbocycles.